The summed E-state index contributed by atoms with van der Waals surface area (Å²) in [6, 6.07) is 15.0. The Morgan fingerprint density at radius 3 is 2.58 bits per heavy atom. The van der Waals surface area contributed by atoms with Crippen LogP contribution in [-0.4, -0.2) is 28.8 Å². The van der Waals surface area contributed by atoms with Crippen LogP contribution in [0, 0.1) is 0 Å². The SMILES string of the molecule is COc1ccc(C=c2sc3nnc(-c4ccccc4)n3c2=O)c(OC)c1. The van der Waals surface area contributed by atoms with Gasteiger partial charge >= 0.3 is 0 Å². The molecule has 0 bridgehead atoms. The normalized spacial score (nSPS) is 11.8. The molecule has 130 valence electrons. The highest BCUT2D eigenvalue weighted by molar-refractivity contribution is 7.15. The molecule has 0 amide bonds. The molecule has 0 saturated carbocycles. The van der Waals surface area contributed by atoms with Crippen LogP contribution < -0.4 is 19.6 Å². The van der Waals surface area contributed by atoms with E-state index >= 15 is 0 Å². The Hall–Kier alpha value is -3.19. The predicted octanol–water partition coefficient (Wildman–Crippen LogP) is 2.38. The molecule has 2 aromatic heterocycles. The van der Waals surface area contributed by atoms with Gasteiger partial charge in [-0.05, 0) is 18.2 Å². The quantitative estimate of drug-likeness (QED) is 0.556. The number of aromatic nitrogens is 3. The van der Waals surface area contributed by atoms with Gasteiger partial charge in [-0.15, -0.1) is 10.2 Å². The fourth-order valence-corrected chi connectivity index (χ4v) is 3.62. The summed E-state index contributed by atoms with van der Waals surface area (Å²) in [5, 5.41) is 8.31. The van der Waals surface area contributed by atoms with Crippen LogP contribution in [-0.2, 0) is 0 Å². The van der Waals surface area contributed by atoms with Crippen molar-refractivity contribution in [2.75, 3.05) is 14.2 Å². The Kier molecular flexibility index (Phi) is 4.14. The van der Waals surface area contributed by atoms with Gasteiger partial charge in [0.1, 0.15) is 11.5 Å². The van der Waals surface area contributed by atoms with E-state index in [-0.39, 0.29) is 5.56 Å². The summed E-state index contributed by atoms with van der Waals surface area (Å²) in [6.45, 7) is 0. The van der Waals surface area contributed by atoms with Gasteiger partial charge in [0.15, 0.2) is 5.82 Å². The third kappa shape index (κ3) is 2.72. The van der Waals surface area contributed by atoms with E-state index in [4.69, 9.17) is 9.47 Å². The number of nitrogens with zero attached hydrogens (tertiary/aromatic N) is 3. The van der Waals surface area contributed by atoms with E-state index in [9.17, 15) is 4.79 Å². The molecular formula is C19H15N3O3S. The third-order valence-corrected chi connectivity index (χ3v) is 4.97. The molecule has 2 heterocycles. The van der Waals surface area contributed by atoms with Crippen molar-refractivity contribution in [2.45, 2.75) is 0 Å². The average molecular weight is 365 g/mol. The highest BCUT2D eigenvalue weighted by Gasteiger charge is 2.14. The number of rotatable bonds is 4. The molecule has 0 N–H and O–H groups in total. The fourth-order valence-electron chi connectivity index (χ4n) is 2.72. The minimum atomic E-state index is -0.147. The Morgan fingerprint density at radius 2 is 1.85 bits per heavy atom. The van der Waals surface area contributed by atoms with Crippen LogP contribution in [0.3, 0.4) is 0 Å². The second kappa shape index (κ2) is 6.61. The number of fused-ring (bicyclic) bond motifs is 1. The Morgan fingerprint density at radius 1 is 1.04 bits per heavy atom. The third-order valence-electron chi connectivity index (χ3n) is 4.01. The summed E-state index contributed by atoms with van der Waals surface area (Å²) in [5.41, 5.74) is 1.50. The number of benzene rings is 2. The van der Waals surface area contributed by atoms with Crippen molar-refractivity contribution < 1.29 is 9.47 Å². The molecule has 0 spiro atoms. The Bertz CT molecular complexity index is 1180. The molecule has 4 aromatic rings. The highest BCUT2D eigenvalue weighted by atomic mass is 32.1. The van der Waals surface area contributed by atoms with Gasteiger partial charge in [-0.3, -0.25) is 4.79 Å². The van der Waals surface area contributed by atoms with Crippen molar-refractivity contribution in [3.8, 4) is 22.9 Å². The minimum Gasteiger partial charge on any atom is -0.497 e. The van der Waals surface area contributed by atoms with Crippen LogP contribution in [0.4, 0.5) is 0 Å². The van der Waals surface area contributed by atoms with Gasteiger partial charge in [-0.25, -0.2) is 4.40 Å². The van der Waals surface area contributed by atoms with E-state index in [1.807, 2.05) is 42.5 Å². The van der Waals surface area contributed by atoms with Crippen LogP contribution in [0.2, 0.25) is 0 Å². The van der Waals surface area contributed by atoms with Gasteiger partial charge in [0.25, 0.3) is 5.56 Å². The number of thiazole rings is 1. The topological polar surface area (TPSA) is 65.7 Å². The number of ether oxygens (including phenoxy) is 2. The summed E-state index contributed by atoms with van der Waals surface area (Å²) < 4.78 is 12.7. The van der Waals surface area contributed by atoms with Gasteiger partial charge in [0, 0.05) is 17.2 Å². The molecule has 0 radical (unpaired) electrons. The summed E-state index contributed by atoms with van der Waals surface area (Å²) in [5.74, 6) is 1.87. The summed E-state index contributed by atoms with van der Waals surface area (Å²) >= 11 is 1.30. The standard InChI is InChI=1S/C19H15N3O3S/c1-24-14-9-8-13(15(11-14)25-2)10-16-18(23)22-17(20-21-19(22)26-16)12-6-4-3-5-7-12/h3-11H,1-2H3. The lowest BCUT2D eigenvalue weighted by Crippen LogP contribution is -2.23. The zero-order valence-electron chi connectivity index (χ0n) is 14.2. The van der Waals surface area contributed by atoms with Crippen molar-refractivity contribution in [1.29, 1.82) is 0 Å². The first-order valence-corrected chi connectivity index (χ1v) is 8.70. The monoisotopic (exact) mass is 365 g/mol. The van der Waals surface area contributed by atoms with Gasteiger partial charge in [-0.2, -0.15) is 0 Å². The van der Waals surface area contributed by atoms with Crippen LogP contribution in [0.1, 0.15) is 5.56 Å². The molecule has 0 aliphatic heterocycles. The van der Waals surface area contributed by atoms with Gasteiger partial charge in [-0.1, -0.05) is 41.7 Å². The zero-order chi connectivity index (χ0) is 18.1. The maximum Gasteiger partial charge on any atom is 0.276 e. The van der Waals surface area contributed by atoms with E-state index in [1.54, 1.807) is 30.8 Å². The summed E-state index contributed by atoms with van der Waals surface area (Å²) in [4.78, 5) is 13.5. The van der Waals surface area contributed by atoms with E-state index in [1.165, 1.54) is 11.3 Å². The van der Waals surface area contributed by atoms with E-state index in [0.29, 0.717) is 26.8 Å². The largest absolute Gasteiger partial charge is 0.497 e. The molecule has 0 atom stereocenters. The van der Waals surface area contributed by atoms with E-state index in [2.05, 4.69) is 10.2 Å². The number of hydrogen-bond donors (Lipinski definition) is 0. The van der Waals surface area contributed by atoms with Crippen molar-refractivity contribution in [3.63, 3.8) is 0 Å². The van der Waals surface area contributed by atoms with Gasteiger partial charge < -0.3 is 9.47 Å². The van der Waals surface area contributed by atoms with Crippen LogP contribution in [0.25, 0.3) is 22.4 Å². The first-order valence-electron chi connectivity index (χ1n) is 7.88. The minimum absolute atomic E-state index is 0.147. The maximum absolute atomic E-state index is 12.9. The lowest BCUT2D eigenvalue weighted by molar-refractivity contribution is 0.393. The molecule has 4 rings (SSSR count). The lowest BCUT2D eigenvalue weighted by Gasteiger charge is -2.06. The summed E-state index contributed by atoms with van der Waals surface area (Å²) in [6.07, 6.45) is 1.80. The van der Waals surface area contributed by atoms with Crippen LogP contribution in [0.5, 0.6) is 11.5 Å². The second-order valence-electron chi connectivity index (χ2n) is 5.53. The Balaban J connectivity index is 1.89. The molecule has 0 aliphatic rings. The van der Waals surface area contributed by atoms with Gasteiger partial charge in [0.2, 0.25) is 4.96 Å². The predicted molar refractivity (Wildman–Crippen MR) is 101 cm³/mol. The maximum atomic E-state index is 12.9. The van der Waals surface area contributed by atoms with Crippen LogP contribution in [0.15, 0.2) is 53.3 Å². The Labute approximate surface area is 153 Å². The molecule has 0 fully saturated rings. The lowest BCUT2D eigenvalue weighted by atomic mass is 10.2. The first kappa shape index (κ1) is 16.3. The molecule has 6 nitrogen and oxygen atoms in total. The van der Waals surface area contributed by atoms with Crippen molar-refractivity contribution in [3.05, 3.63) is 69.0 Å². The van der Waals surface area contributed by atoms with Crippen molar-refractivity contribution in [2.24, 2.45) is 0 Å². The van der Waals surface area contributed by atoms with E-state index < -0.39 is 0 Å². The van der Waals surface area contributed by atoms with E-state index in [0.717, 1.165) is 11.1 Å². The number of methoxy groups -OCH3 is 2. The smallest absolute Gasteiger partial charge is 0.276 e. The fraction of sp³-hybridized carbons (Fsp3) is 0.105. The zero-order valence-corrected chi connectivity index (χ0v) is 15.0. The van der Waals surface area contributed by atoms with Gasteiger partial charge in [0.05, 0.1) is 18.8 Å². The molecular weight excluding hydrogens is 350 g/mol. The molecule has 0 unspecified atom stereocenters. The molecule has 2 aromatic carbocycles. The van der Waals surface area contributed by atoms with Crippen molar-refractivity contribution >= 4 is 22.4 Å². The molecule has 0 aliphatic carbocycles. The highest BCUT2D eigenvalue weighted by Crippen LogP contribution is 2.25. The molecule has 26 heavy (non-hydrogen) atoms. The van der Waals surface area contributed by atoms with Crippen molar-refractivity contribution in [1.82, 2.24) is 14.6 Å². The first-order chi connectivity index (χ1) is 12.7. The average Bonchev–Trinajstić information content (AvgIpc) is 3.23. The molecule has 7 heteroatoms. The second-order valence-corrected chi connectivity index (χ2v) is 6.54. The van der Waals surface area contributed by atoms with Crippen LogP contribution >= 0.6 is 11.3 Å². The number of hydrogen-bond acceptors (Lipinski definition) is 6. The summed E-state index contributed by atoms with van der Waals surface area (Å²) in [7, 11) is 3.18. The molecule has 0 saturated heterocycles.